The maximum absolute atomic E-state index is 13.1. The molecule has 2 aliphatic heterocycles. The molecule has 7 nitrogen and oxygen atoms in total. The Morgan fingerprint density at radius 1 is 1.03 bits per heavy atom. The second kappa shape index (κ2) is 8.65. The Labute approximate surface area is 192 Å². The number of β-lactam (4-membered cyclic amide) rings is 1. The van der Waals surface area contributed by atoms with E-state index in [0.29, 0.717) is 24.5 Å². The molecule has 2 fully saturated rings. The third kappa shape index (κ3) is 4.06. The summed E-state index contributed by atoms with van der Waals surface area (Å²) < 4.78 is 17.1. The largest absolute Gasteiger partial charge is 0.497 e. The zero-order chi connectivity index (χ0) is 22.9. The Hall–Kier alpha value is -3.74. The van der Waals surface area contributed by atoms with Gasteiger partial charge >= 0.3 is 0 Å². The van der Waals surface area contributed by atoms with Crippen LogP contribution in [0.25, 0.3) is 0 Å². The topological polar surface area (TPSA) is 72.2 Å². The molecule has 3 heterocycles. The van der Waals surface area contributed by atoms with Gasteiger partial charge in [0.25, 0.3) is 5.91 Å². The molecule has 170 valence electrons. The van der Waals surface area contributed by atoms with E-state index >= 15 is 0 Å². The Kier molecular flexibility index (Phi) is 5.54. The second-order valence-corrected chi connectivity index (χ2v) is 8.39. The highest BCUT2D eigenvalue weighted by Crippen LogP contribution is 2.40. The highest BCUT2D eigenvalue weighted by Gasteiger charge is 2.51. The molecule has 5 rings (SSSR count). The zero-order valence-electron chi connectivity index (χ0n) is 18.7. The first-order chi connectivity index (χ1) is 16.0. The van der Waals surface area contributed by atoms with Crippen molar-refractivity contribution in [3.63, 3.8) is 0 Å². The lowest BCUT2D eigenvalue weighted by atomic mass is 9.94. The number of furan rings is 1. The number of nitrogens with zero attached hydrogens (tertiary/aromatic N) is 2. The number of carbonyl (C=O) groups is 2. The van der Waals surface area contributed by atoms with Crippen LogP contribution in [0.5, 0.6) is 11.5 Å². The van der Waals surface area contributed by atoms with Crippen LogP contribution in [0.4, 0.5) is 5.69 Å². The van der Waals surface area contributed by atoms with Crippen LogP contribution in [0, 0.1) is 6.92 Å². The van der Waals surface area contributed by atoms with Crippen molar-refractivity contribution < 1.29 is 23.5 Å². The lowest BCUT2D eigenvalue weighted by molar-refractivity contribution is -0.167. The van der Waals surface area contributed by atoms with Crippen molar-refractivity contribution in [2.75, 3.05) is 18.6 Å². The number of ether oxygens (including phenoxy) is 2. The molecular formula is C26H26N2O5. The first-order valence-electron chi connectivity index (χ1n) is 11.1. The molecule has 0 bridgehead atoms. The molecule has 2 aromatic carbocycles. The molecule has 7 heteroatoms. The van der Waals surface area contributed by atoms with E-state index in [1.807, 2.05) is 48.2 Å². The van der Waals surface area contributed by atoms with E-state index < -0.39 is 6.10 Å². The number of benzene rings is 2. The molecule has 0 N–H and O–H groups in total. The van der Waals surface area contributed by atoms with E-state index in [0.717, 1.165) is 35.7 Å². The van der Waals surface area contributed by atoms with E-state index in [2.05, 4.69) is 0 Å². The quantitative estimate of drug-likeness (QED) is 0.507. The Balaban J connectivity index is 1.37. The van der Waals surface area contributed by atoms with Crippen LogP contribution >= 0.6 is 0 Å². The van der Waals surface area contributed by atoms with Crippen LogP contribution in [0.1, 0.15) is 36.0 Å². The number of likely N-dealkylation sites (tertiary alicyclic amines) is 1. The number of carbonyl (C=O) groups excluding carboxylic acids is 2. The smallest absolute Gasteiger partial charge is 0.267 e. The minimum absolute atomic E-state index is 0.104. The number of hydrogen-bond acceptors (Lipinski definition) is 5. The number of rotatable bonds is 7. The maximum atomic E-state index is 13.1. The Bertz CT molecular complexity index is 1170. The van der Waals surface area contributed by atoms with Crippen molar-refractivity contribution in [2.24, 2.45) is 0 Å². The van der Waals surface area contributed by atoms with Gasteiger partial charge in [0.15, 0.2) is 0 Å². The SMILES string of the molecule is COc1ccc(OC2C(=O)N(Cc3cccc(N4CCCC4=O)c3)C2c2ccc(C)o2)cc1. The highest BCUT2D eigenvalue weighted by atomic mass is 16.5. The van der Waals surface area contributed by atoms with Crippen molar-refractivity contribution in [3.05, 3.63) is 77.7 Å². The minimum atomic E-state index is -0.674. The van der Waals surface area contributed by atoms with Gasteiger partial charge in [-0.25, -0.2) is 0 Å². The van der Waals surface area contributed by atoms with Gasteiger partial charge < -0.3 is 23.7 Å². The van der Waals surface area contributed by atoms with Crippen LogP contribution in [-0.2, 0) is 16.1 Å². The predicted molar refractivity (Wildman–Crippen MR) is 122 cm³/mol. The van der Waals surface area contributed by atoms with E-state index in [1.165, 1.54) is 0 Å². The van der Waals surface area contributed by atoms with E-state index in [9.17, 15) is 9.59 Å². The highest BCUT2D eigenvalue weighted by molar-refractivity contribution is 5.95. The van der Waals surface area contributed by atoms with Gasteiger partial charge in [-0.2, -0.15) is 0 Å². The summed E-state index contributed by atoms with van der Waals surface area (Å²) in [4.78, 5) is 28.9. The van der Waals surface area contributed by atoms with Crippen LogP contribution in [0.2, 0.25) is 0 Å². The van der Waals surface area contributed by atoms with E-state index in [1.54, 1.807) is 36.3 Å². The number of methoxy groups -OCH3 is 1. The average Bonchev–Trinajstić information content (AvgIpc) is 3.46. The molecule has 33 heavy (non-hydrogen) atoms. The lowest BCUT2D eigenvalue weighted by Crippen LogP contribution is -2.60. The molecule has 2 atom stereocenters. The number of aryl methyl sites for hydroxylation is 1. The van der Waals surface area contributed by atoms with Gasteiger partial charge in [0.05, 0.1) is 7.11 Å². The molecule has 2 aliphatic rings. The predicted octanol–water partition coefficient (Wildman–Crippen LogP) is 4.25. The standard InChI is InChI=1S/C26H26N2O5/c1-17-8-13-22(32-17)24-25(33-21-11-9-20(31-2)10-12-21)26(30)28(24)16-18-5-3-6-19(15-18)27-14-4-7-23(27)29/h3,5-6,8-13,15,24-25H,4,7,14,16H2,1-2H3. The lowest BCUT2D eigenvalue weighted by Gasteiger charge is -2.45. The third-order valence-corrected chi connectivity index (χ3v) is 6.17. The van der Waals surface area contributed by atoms with Crippen molar-refractivity contribution in [3.8, 4) is 11.5 Å². The fourth-order valence-electron chi connectivity index (χ4n) is 4.46. The summed E-state index contributed by atoms with van der Waals surface area (Å²) in [5.74, 6) is 2.82. The van der Waals surface area contributed by atoms with Gasteiger partial charge in [-0.15, -0.1) is 0 Å². The van der Waals surface area contributed by atoms with Crippen LogP contribution < -0.4 is 14.4 Å². The molecule has 0 radical (unpaired) electrons. The average molecular weight is 447 g/mol. The van der Waals surface area contributed by atoms with E-state index in [4.69, 9.17) is 13.9 Å². The van der Waals surface area contributed by atoms with Gasteiger partial charge in [-0.05, 0) is 67.4 Å². The van der Waals surface area contributed by atoms with Crippen molar-refractivity contribution in [1.82, 2.24) is 4.90 Å². The summed E-state index contributed by atoms with van der Waals surface area (Å²) in [6, 6.07) is 18.4. The van der Waals surface area contributed by atoms with Gasteiger partial charge in [0, 0.05) is 25.2 Å². The molecule has 1 aromatic heterocycles. The molecule has 3 aromatic rings. The number of anilines is 1. The number of hydrogen-bond donors (Lipinski definition) is 0. The molecule has 2 saturated heterocycles. The van der Waals surface area contributed by atoms with Gasteiger partial charge in [-0.3, -0.25) is 9.59 Å². The summed E-state index contributed by atoms with van der Waals surface area (Å²) in [7, 11) is 1.60. The van der Waals surface area contributed by atoms with Gasteiger partial charge in [0.2, 0.25) is 12.0 Å². The van der Waals surface area contributed by atoms with Crippen LogP contribution in [-0.4, -0.2) is 36.5 Å². The fourth-order valence-corrected chi connectivity index (χ4v) is 4.46. The molecular weight excluding hydrogens is 420 g/mol. The molecule has 0 spiro atoms. The summed E-state index contributed by atoms with van der Waals surface area (Å²) >= 11 is 0. The van der Waals surface area contributed by atoms with Gasteiger partial charge in [-0.1, -0.05) is 12.1 Å². The van der Waals surface area contributed by atoms with E-state index in [-0.39, 0.29) is 17.9 Å². The normalized spacial score (nSPS) is 20.2. The van der Waals surface area contributed by atoms with Crippen LogP contribution in [0.15, 0.2) is 65.1 Å². The summed E-state index contributed by atoms with van der Waals surface area (Å²) in [6.45, 7) is 3.02. The Morgan fingerprint density at radius 3 is 2.48 bits per heavy atom. The summed E-state index contributed by atoms with van der Waals surface area (Å²) in [6.07, 6.45) is 0.782. The summed E-state index contributed by atoms with van der Waals surface area (Å²) in [5.41, 5.74) is 1.83. The Morgan fingerprint density at radius 2 is 1.82 bits per heavy atom. The van der Waals surface area contributed by atoms with Crippen molar-refractivity contribution >= 4 is 17.5 Å². The van der Waals surface area contributed by atoms with Gasteiger partial charge in [0.1, 0.15) is 29.1 Å². The molecule has 2 amide bonds. The summed E-state index contributed by atoms with van der Waals surface area (Å²) in [5, 5.41) is 0. The monoisotopic (exact) mass is 446 g/mol. The zero-order valence-corrected chi connectivity index (χ0v) is 18.7. The van der Waals surface area contributed by atoms with Crippen molar-refractivity contribution in [2.45, 2.75) is 38.5 Å². The first-order valence-corrected chi connectivity index (χ1v) is 11.1. The maximum Gasteiger partial charge on any atom is 0.267 e. The van der Waals surface area contributed by atoms with Crippen LogP contribution in [0.3, 0.4) is 0 Å². The fraction of sp³-hybridized carbons (Fsp3) is 0.308. The molecule has 0 saturated carbocycles. The minimum Gasteiger partial charge on any atom is -0.497 e. The number of amides is 2. The first kappa shape index (κ1) is 21.1. The molecule has 2 unspecified atom stereocenters. The third-order valence-electron chi connectivity index (χ3n) is 6.17. The second-order valence-electron chi connectivity index (χ2n) is 8.39. The molecule has 0 aliphatic carbocycles. The van der Waals surface area contributed by atoms with Crippen molar-refractivity contribution in [1.29, 1.82) is 0 Å².